The number of fused-ring (bicyclic) bond motifs is 1. The number of halogens is 3. The van der Waals surface area contributed by atoms with Gasteiger partial charge in [-0.05, 0) is 12.1 Å². The molecular formula is C8H9F3N6. The largest absolute Gasteiger partial charge is 0.453 e. The smallest absolute Gasteiger partial charge is 0.367 e. The summed E-state index contributed by atoms with van der Waals surface area (Å²) in [7, 11) is 0. The van der Waals surface area contributed by atoms with E-state index in [1.807, 2.05) is 0 Å². The van der Waals surface area contributed by atoms with Gasteiger partial charge in [0.25, 0.3) is 5.82 Å². The van der Waals surface area contributed by atoms with Gasteiger partial charge < -0.3 is 11.1 Å². The zero-order valence-electron chi connectivity index (χ0n) is 8.57. The van der Waals surface area contributed by atoms with Crippen LogP contribution < -0.4 is 11.1 Å². The van der Waals surface area contributed by atoms with Gasteiger partial charge in [-0.25, -0.2) is 0 Å². The van der Waals surface area contributed by atoms with Crippen LogP contribution in [0.3, 0.4) is 0 Å². The Morgan fingerprint density at radius 3 is 2.71 bits per heavy atom. The second kappa shape index (κ2) is 4.17. The van der Waals surface area contributed by atoms with Crippen LogP contribution in [0, 0.1) is 0 Å². The van der Waals surface area contributed by atoms with Crippen molar-refractivity contribution in [2.45, 2.75) is 6.18 Å². The van der Waals surface area contributed by atoms with Crippen molar-refractivity contribution in [3.8, 4) is 0 Å². The van der Waals surface area contributed by atoms with Gasteiger partial charge in [-0.2, -0.15) is 17.7 Å². The second-order valence-electron chi connectivity index (χ2n) is 3.23. The maximum atomic E-state index is 12.5. The molecule has 92 valence electrons. The summed E-state index contributed by atoms with van der Waals surface area (Å²) in [4.78, 5) is 0. The number of hydrogen-bond donors (Lipinski definition) is 2. The summed E-state index contributed by atoms with van der Waals surface area (Å²) in [5.41, 5.74) is 5.30. The monoisotopic (exact) mass is 246 g/mol. The van der Waals surface area contributed by atoms with Crippen LogP contribution >= 0.6 is 0 Å². The van der Waals surface area contributed by atoms with Crippen LogP contribution in [0.4, 0.5) is 19.0 Å². The molecule has 0 aliphatic heterocycles. The van der Waals surface area contributed by atoms with Crippen LogP contribution in [-0.4, -0.2) is 32.9 Å². The van der Waals surface area contributed by atoms with Crippen LogP contribution in [-0.2, 0) is 6.18 Å². The first-order valence-corrected chi connectivity index (χ1v) is 4.76. The summed E-state index contributed by atoms with van der Waals surface area (Å²) in [6.45, 7) is 0.774. The van der Waals surface area contributed by atoms with E-state index in [-0.39, 0.29) is 11.5 Å². The number of nitrogens with zero attached hydrogens (tertiary/aromatic N) is 4. The summed E-state index contributed by atoms with van der Waals surface area (Å²) in [5, 5.41) is 13.0. The molecule has 3 N–H and O–H groups in total. The molecule has 2 heterocycles. The van der Waals surface area contributed by atoms with Crippen LogP contribution in [0.2, 0.25) is 0 Å². The topological polar surface area (TPSA) is 81.1 Å². The third-order valence-electron chi connectivity index (χ3n) is 1.97. The Balaban J connectivity index is 2.43. The fraction of sp³-hybridized carbons (Fsp3) is 0.375. The quantitative estimate of drug-likeness (QED) is 0.824. The van der Waals surface area contributed by atoms with Crippen molar-refractivity contribution in [1.82, 2.24) is 19.8 Å². The van der Waals surface area contributed by atoms with E-state index in [0.717, 1.165) is 0 Å². The molecule has 0 unspecified atom stereocenters. The number of nitrogens with two attached hydrogens (primary N) is 1. The second-order valence-corrected chi connectivity index (χ2v) is 3.23. The van der Waals surface area contributed by atoms with E-state index < -0.39 is 12.0 Å². The van der Waals surface area contributed by atoms with Crippen molar-refractivity contribution < 1.29 is 13.2 Å². The maximum Gasteiger partial charge on any atom is 0.453 e. The zero-order valence-corrected chi connectivity index (χ0v) is 8.57. The molecule has 0 atom stereocenters. The van der Waals surface area contributed by atoms with E-state index >= 15 is 0 Å². The van der Waals surface area contributed by atoms with Crippen molar-refractivity contribution >= 4 is 11.5 Å². The highest BCUT2D eigenvalue weighted by Crippen LogP contribution is 2.27. The lowest BCUT2D eigenvalue weighted by Gasteiger charge is -2.06. The highest BCUT2D eigenvalue weighted by molar-refractivity contribution is 5.44. The summed E-state index contributed by atoms with van der Waals surface area (Å²) < 4.78 is 38.2. The van der Waals surface area contributed by atoms with Crippen LogP contribution in [0.5, 0.6) is 0 Å². The van der Waals surface area contributed by atoms with Gasteiger partial charge in [-0.1, -0.05) is 0 Å². The van der Waals surface area contributed by atoms with Gasteiger partial charge in [0.05, 0.1) is 0 Å². The molecule has 0 amide bonds. The van der Waals surface area contributed by atoms with Crippen molar-refractivity contribution in [1.29, 1.82) is 0 Å². The van der Waals surface area contributed by atoms with Gasteiger partial charge in [-0.3, -0.25) is 0 Å². The number of rotatable bonds is 3. The van der Waals surface area contributed by atoms with Gasteiger partial charge in [0.2, 0.25) is 0 Å². The van der Waals surface area contributed by atoms with E-state index in [9.17, 15) is 13.2 Å². The molecule has 0 radical (unpaired) electrons. The fourth-order valence-corrected chi connectivity index (χ4v) is 1.26. The van der Waals surface area contributed by atoms with E-state index in [1.54, 1.807) is 0 Å². The highest BCUT2D eigenvalue weighted by Gasteiger charge is 2.37. The molecule has 0 aliphatic carbocycles. The van der Waals surface area contributed by atoms with Crippen LogP contribution in [0.1, 0.15) is 5.82 Å². The molecular weight excluding hydrogens is 237 g/mol. The SMILES string of the molecule is NCCNc1ccc2nnc(C(F)(F)F)n2n1. The molecule has 2 aromatic heterocycles. The first-order chi connectivity index (χ1) is 8.02. The van der Waals surface area contributed by atoms with Crippen LogP contribution in [0.25, 0.3) is 5.65 Å². The third kappa shape index (κ3) is 2.28. The summed E-state index contributed by atoms with van der Waals surface area (Å²) in [5.74, 6) is -0.864. The Morgan fingerprint density at radius 2 is 2.06 bits per heavy atom. The minimum absolute atomic E-state index is 0.0376. The number of aromatic nitrogens is 4. The van der Waals surface area contributed by atoms with Gasteiger partial charge in [-0.15, -0.1) is 15.3 Å². The predicted molar refractivity (Wildman–Crippen MR) is 53.3 cm³/mol. The fourth-order valence-electron chi connectivity index (χ4n) is 1.26. The summed E-state index contributed by atoms with van der Waals surface area (Å²) in [6.07, 6.45) is -4.58. The molecule has 0 bridgehead atoms. The van der Waals surface area contributed by atoms with Gasteiger partial charge in [0.1, 0.15) is 5.82 Å². The number of anilines is 1. The average Bonchev–Trinajstić information content (AvgIpc) is 2.68. The molecule has 0 spiro atoms. The zero-order chi connectivity index (χ0) is 12.5. The normalized spacial score (nSPS) is 12.0. The first kappa shape index (κ1) is 11.6. The molecule has 17 heavy (non-hydrogen) atoms. The summed E-state index contributed by atoms with van der Waals surface area (Å²) >= 11 is 0. The molecule has 0 saturated heterocycles. The predicted octanol–water partition coefficient (Wildman–Crippen LogP) is 0.514. The first-order valence-electron chi connectivity index (χ1n) is 4.76. The van der Waals surface area contributed by atoms with E-state index in [0.29, 0.717) is 17.6 Å². The highest BCUT2D eigenvalue weighted by atomic mass is 19.4. The molecule has 9 heteroatoms. The Labute approximate surface area is 93.6 Å². The number of alkyl halides is 3. The van der Waals surface area contributed by atoms with Crippen molar-refractivity contribution in [2.75, 3.05) is 18.4 Å². The van der Waals surface area contributed by atoms with E-state index in [2.05, 4.69) is 20.6 Å². The summed E-state index contributed by atoms with van der Waals surface area (Å²) in [6, 6.07) is 2.91. The lowest BCUT2D eigenvalue weighted by molar-refractivity contribution is -0.146. The molecule has 2 aromatic rings. The van der Waals surface area contributed by atoms with Crippen LogP contribution in [0.15, 0.2) is 12.1 Å². The number of hydrogen-bond acceptors (Lipinski definition) is 5. The Bertz CT molecular complexity index is 519. The minimum Gasteiger partial charge on any atom is -0.367 e. The van der Waals surface area contributed by atoms with Gasteiger partial charge in [0, 0.05) is 13.1 Å². The Kier molecular flexibility index (Phi) is 2.84. The molecule has 0 saturated carbocycles. The van der Waals surface area contributed by atoms with E-state index in [1.165, 1.54) is 12.1 Å². The van der Waals surface area contributed by atoms with E-state index in [4.69, 9.17) is 5.73 Å². The molecule has 0 aromatic carbocycles. The molecule has 0 fully saturated rings. The molecule has 0 aliphatic rings. The van der Waals surface area contributed by atoms with Gasteiger partial charge in [0.15, 0.2) is 5.65 Å². The minimum atomic E-state index is -4.58. The average molecular weight is 246 g/mol. The standard InChI is InChI=1S/C8H9F3N6/c9-8(10,11)7-15-14-6-2-1-5(13-4-3-12)16-17(6)7/h1-2H,3-4,12H2,(H,13,16). The van der Waals surface area contributed by atoms with Crippen molar-refractivity contribution in [3.63, 3.8) is 0 Å². The molecule has 6 nitrogen and oxygen atoms in total. The van der Waals surface area contributed by atoms with Crippen molar-refractivity contribution in [3.05, 3.63) is 18.0 Å². The number of nitrogens with one attached hydrogen (secondary N) is 1. The third-order valence-corrected chi connectivity index (χ3v) is 1.97. The molecule has 2 rings (SSSR count). The Morgan fingerprint density at radius 1 is 1.29 bits per heavy atom. The lowest BCUT2D eigenvalue weighted by atomic mass is 10.5. The maximum absolute atomic E-state index is 12.5. The van der Waals surface area contributed by atoms with Gasteiger partial charge >= 0.3 is 6.18 Å². The Hall–Kier alpha value is -1.90. The van der Waals surface area contributed by atoms with Crippen molar-refractivity contribution in [2.24, 2.45) is 5.73 Å². The lowest BCUT2D eigenvalue weighted by Crippen LogP contribution is -2.16.